The fourth-order valence-corrected chi connectivity index (χ4v) is 4.38. The number of amides is 2. The summed E-state index contributed by atoms with van der Waals surface area (Å²) < 4.78 is 2.13. The van der Waals surface area contributed by atoms with E-state index in [1.165, 1.54) is 11.8 Å². The van der Waals surface area contributed by atoms with E-state index in [1.807, 2.05) is 40.1 Å². The predicted molar refractivity (Wildman–Crippen MR) is 115 cm³/mol. The van der Waals surface area contributed by atoms with Gasteiger partial charge in [0.05, 0.1) is 5.75 Å². The first-order valence-electron chi connectivity index (χ1n) is 10.2. The molecule has 29 heavy (non-hydrogen) atoms. The minimum atomic E-state index is 0.0729. The lowest BCUT2D eigenvalue weighted by Gasteiger charge is -2.21. The molecule has 2 aromatic rings. The lowest BCUT2D eigenvalue weighted by atomic mass is 10.2. The molecule has 1 unspecified atom stereocenters. The van der Waals surface area contributed by atoms with E-state index < -0.39 is 0 Å². The predicted octanol–water partition coefficient (Wildman–Crippen LogP) is 3.09. The molecule has 0 N–H and O–H groups in total. The topological polar surface area (TPSA) is 71.3 Å². The second kappa shape index (κ2) is 9.91. The van der Waals surface area contributed by atoms with Crippen LogP contribution in [0.15, 0.2) is 35.5 Å². The molecule has 2 heterocycles. The Morgan fingerprint density at radius 2 is 1.76 bits per heavy atom. The molecule has 3 rings (SSSR count). The van der Waals surface area contributed by atoms with Crippen molar-refractivity contribution in [3.8, 4) is 11.4 Å². The van der Waals surface area contributed by atoms with Crippen LogP contribution in [0.1, 0.15) is 39.7 Å². The summed E-state index contributed by atoms with van der Waals surface area (Å²) in [5.74, 6) is 1.31. The van der Waals surface area contributed by atoms with Gasteiger partial charge in [-0.15, -0.1) is 10.2 Å². The number of carbonyl (C=O) groups is 2. The van der Waals surface area contributed by atoms with E-state index in [0.29, 0.717) is 25.4 Å². The molecule has 7 nitrogen and oxygen atoms in total. The first kappa shape index (κ1) is 21.4. The summed E-state index contributed by atoms with van der Waals surface area (Å²) in [7, 11) is 0. The van der Waals surface area contributed by atoms with E-state index in [9.17, 15) is 9.59 Å². The molecule has 1 aliphatic rings. The van der Waals surface area contributed by atoms with Gasteiger partial charge in [0.15, 0.2) is 11.0 Å². The van der Waals surface area contributed by atoms with Crippen LogP contribution >= 0.6 is 11.8 Å². The summed E-state index contributed by atoms with van der Waals surface area (Å²) in [4.78, 5) is 28.0. The standard InChI is InChI=1S/C21H29N5O2S/c1-4-16(2)26-20(18-9-6-5-7-10-18)22-23-21(26)29-15-19(28)25-12-8-11-24(13-14-25)17(3)27/h5-7,9-10,16H,4,8,11-15H2,1-3H3. The highest BCUT2D eigenvalue weighted by Crippen LogP contribution is 2.29. The number of carbonyl (C=O) groups excluding carboxylic acids is 2. The summed E-state index contributed by atoms with van der Waals surface area (Å²) in [6, 6.07) is 10.3. The van der Waals surface area contributed by atoms with Crippen LogP contribution < -0.4 is 0 Å². The Morgan fingerprint density at radius 1 is 1.07 bits per heavy atom. The molecule has 0 aliphatic carbocycles. The molecule has 0 bridgehead atoms. The number of rotatable bonds is 6. The summed E-state index contributed by atoms with van der Waals surface area (Å²) in [5, 5.41) is 9.57. The maximum absolute atomic E-state index is 12.8. The van der Waals surface area contributed by atoms with Crippen molar-refractivity contribution < 1.29 is 9.59 Å². The first-order valence-corrected chi connectivity index (χ1v) is 11.2. The van der Waals surface area contributed by atoms with Crippen molar-refractivity contribution in [1.29, 1.82) is 0 Å². The maximum atomic E-state index is 12.8. The molecular formula is C21H29N5O2S. The lowest BCUT2D eigenvalue weighted by Crippen LogP contribution is -2.37. The molecule has 8 heteroatoms. The SMILES string of the molecule is CCC(C)n1c(SCC(=O)N2CCCN(C(C)=O)CC2)nnc1-c1ccccc1. The Balaban J connectivity index is 1.69. The van der Waals surface area contributed by atoms with Gasteiger partial charge in [0.1, 0.15) is 0 Å². The van der Waals surface area contributed by atoms with Gasteiger partial charge in [0, 0.05) is 44.7 Å². The molecular weight excluding hydrogens is 386 g/mol. The zero-order valence-electron chi connectivity index (χ0n) is 17.4. The minimum absolute atomic E-state index is 0.0729. The highest BCUT2D eigenvalue weighted by molar-refractivity contribution is 7.99. The monoisotopic (exact) mass is 415 g/mol. The fourth-order valence-electron chi connectivity index (χ4n) is 3.44. The zero-order valence-corrected chi connectivity index (χ0v) is 18.2. The Kier molecular flexibility index (Phi) is 7.30. The van der Waals surface area contributed by atoms with E-state index >= 15 is 0 Å². The van der Waals surface area contributed by atoms with Crippen molar-refractivity contribution in [2.75, 3.05) is 31.9 Å². The number of hydrogen-bond donors (Lipinski definition) is 0. The summed E-state index contributed by atoms with van der Waals surface area (Å²) in [6.07, 6.45) is 1.77. The first-order chi connectivity index (χ1) is 14.0. The van der Waals surface area contributed by atoms with Crippen LogP contribution in [0.4, 0.5) is 0 Å². The fraction of sp³-hybridized carbons (Fsp3) is 0.524. The average Bonchev–Trinajstić information content (AvgIpc) is 2.99. The third-order valence-electron chi connectivity index (χ3n) is 5.35. The quantitative estimate of drug-likeness (QED) is 0.678. The van der Waals surface area contributed by atoms with E-state index in [2.05, 4.69) is 28.6 Å². The van der Waals surface area contributed by atoms with Gasteiger partial charge in [-0.1, -0.05) is 49.0 Å². The lowest BCUT2D eigenvalue weighted by molar-refractivity contribution is -0.130. The summed E-state index contributed by atoms with van der Waals surface area (Å²) >= 11 is 1.44. The molecule has 2 amide bonds. The Morgan fingerprint density at radius 3 is 2.45 bits per heavy atom. The maximum Gasteiger partial charge on any atom is 0.233 e. The van der Waals surface area contributed by atoms with Crippen LogP contribution in [0.5, 0.6) is 0 Å². The second-order valence-corrected chi connectivity index (χ2v) is 8.27. The molecule has 1 saturated heterocycles. The van der Waals surface area contributed by atoms with Crippen LogP contribution in [-0.4, -0.2) is 68.3 Å². The molecule has 1 fully saturated rings. The summed E-state index contributed by atoms with van der Waals surface area (Å²) in [5.41, 5.74) is 1.02. The van der Waals surface area contributed by atoms with E-state index in [-0.39, 0.29) is 17.9 Å². The van der Waals surface area contributed by atoms with Crippen molar-refractivity contribution >= 4 is 23.6 Å². The number of thioether (sulfide) groups is 1. The minimum Gasteiger partial charge on any atom is -0.341 e. The van der Waals surface area contributed by atoms with Gasteiger partial charge in [0.25, 0.3) is 0 Å². The number of nitrogens with zero attached hydrogens (tertiary/aromatic N) is 5. The number of benzene rings is 1. The van der Waals surface area contributed by atoms with Crippen LogP contribution in [0.25, 0.3) is 11.4 Å². The molecule has 156 valence electrons. The van der Waals surface area contributed by atoms with Gasteiger partial charge in [-0.25, -0.2) is 0 Å². The second-order valence-electron chi connectivity index (χ2n) is 7.33. The highest BCUT2D eigenvalue weighted by atomic mass is 32.2. The largest absolute Gasteiger partial charge is 0.341 e. The van der Waals surface area contributed by atoms with Crippen molar-refractivity contribution in [1.82, 2.24) is 24.6 Å². The Bertz CT molecular complexity index is 839. The molecule has 0 radical (unpaired) electrons. The Labute approximate surface area is 176 Å². The zero-order chi connectivity index (χ0) is 20.8. The molecule has 1 aliphatic heterocycles. The van der Waals surface area contributed by atoms with Gasteiger partial charge in [-0.3, -0.25) is 14.2 Å². The molecule has 1 atom stereocenters. The average molecular weight is 416 g/mol. The number of aromatic nitrogens is 3. The van der Waals surface area contributed by atoms with Gasteiger partial charge in [-0.05, 0) is 19.8 Å². The van der Waals surface area contributed by atoms with Crippen LogP contribution in [0.2, 0.25) is 0 Å². The van der Waals surface area contributed by atoms with Crippen LogP contribution in [0, 0.1) is 0 Å². The molecule has 0 saturated carbocycles. The van der Waals surface area contributed by atoms with Crippen molar-refractivity contribution in [3.63, 3.8) is 0 Å². The van der Waals surface area contributed by atoms with Gasteiger partial charge < -0.3 is 9.80 Å². The van der Waals surface area contributed by atoms with Gasteiger partial charge >= 0.3 is 0 Å². The van der Waals surface area contributed by atoms with Crippen molar-refractivity contribution in [3.05, 3.63) is 30.3 Å². The van der Waals surface area contributed by atoms with Gasteiger partial charge in [-0.2, -0.15) is 0 Å². The van der Waals surface area contributed by atoms with Crippen LogP contribution in [-0.2, 0) is 9.59 Å². The Hall–Kier alpha value is -2.35. The van der Waals surface area contributed by atoms with Crippen molar-refractivity contribution in [2.24, 2.45) is 0 Å². The molecule has 1 aromatic carbocycles. The van der Waals surface area contributed by atoms with E-state index in [4.69, 9.17) is 0 Å². The van der Waals surface area contributed by atoms with Gasteiger partial charge in [0.2, 0.25) is 11.8 Å². The molecule has 1 aromatic heterocycles. The smallest absolute Gasteiger partial charge is 0.233 e. The number of hydrogen-bond acceptors (Lipinski definition) is 5. The highest BCUT2D eigenvalue weighted by Gasteiger charge is 2.23. The van der Waals surface area contributed by atoms with Crippen molar-refractivity contribution in [2.45, 2.75) is 44.8 Å². The molecule has 0 spiro atoms. The third kappa shape index (κ3) is 5.18. The third-order valence-corrected chi connectivity index (χ3v) is 6.27. The van der Waals surface area contributed by atoms with E-state index in [1.54, 1.807) is 6.92 Å². The van der Waals surface area contributed by atoms with Crippen LogP contribution in [0.3, 0.4) is 0 Å². The van der Waals surface area contributed by atoms with E-state index in [0.717, 1.165) is 35.9 Å². The summed E-state index contributed by atoms with van der Waals surface area (Å²) in [6.45, 7) is 8.47. The normalized spacial score (nSPS) is 15.8.